The standard InChI is InChI=1S/C20H24N5O5S2/c1-19(2)15(16(11-31-32(5,29)30)20(3,4)25(19)28)8-9-24-17(26)13-7-6-12(22-23-21)10-14(13)18(24)27/h6-7,10H,8-9,11H2,1-5H3. The van der Waals surface area contributed by atoms with E-state index in [-0.39, 0.29) is 35.5 Å². The minimum Gasteiger partial charge on any atom is -0.274 e. The van der Waals surface area contributed by atoms with Gasteiger partial charge in [-0.15, -0.1) is 10.3 Å². The highest BCUT2D eigenvalue weighted by molar-refractivity contribution is 8.71. The number of amides is 2. The van der Waals surface area contributed by atoms with E-state index in [1.54, 1.807) is 27.7 Å². The second-order valence-corrected chi connectivity index (χ2v) is 13.2. The van der Waals surface area contributed by atoms with Crippen molar-refractivity contribution in [3.8, 4) is 0 Å². The van der Waals surface area contributed by atoms with Crippen LogP contribution < -0.4 is 0 Å². The molecule has 0 N–H and O–H groups in total. The summed E-state index contributed by atoms with van der Waals surface area (Å²) < 4.78 is 23.4. The average molecular weight is 479 g/mol. The molecule has 2 aliphatic rings. The van der Waals surface area contributed by atoms with E-state index in [1.165, 1.54) is 18.2 Å². The number of hydrogen-bond donors (Lipinski definition) is 0. The average Bonchev–Trinajstić information content (AvgIpc) is 2.99. The fourth-order valence-electron chi connectivity index (χ4n) is 4.39. The van der Waals surface area contributed by atoms with Gasteiger partial charge in [-0.05, 0) is 73.7 Å². The predicted octanol–water partition coefficient (Wildman–Crippen LogP) is 3.82. The highest BCUT2D eigenvalue weighted by atomic mass is 33.1. The summed E-state index contributed by atoms with van der Waals surface area (Å²) in [4.78, 5) is 29.5. The Balaban J connectivity index is 1.91. The Morgan fingerprint density at radius 1 is 1.06 bits per heavy atom. The Kier molecular flexibility index (Phi) is 6.22. The van der Waals surface area contributed by atoms with E-state index >= 15 is 0 Å². The van der Waals surface area contributed by atoms with E-state index in [0.29, 0.717) is 5.57 Å². The Morgan fingerprint density at radius 3 is 2.25 bits per heavy atom. The van der Waals surface area contributed by atoms with E-state index < -0.39 is 31.8 Å². The molecule has 1 aromatic rings. The van der Waals surface area contributed by atoms with Crippen LogP contribution in [0.1, 0.15) is 54.8 Å². The maximum Gasteiger partial charge on any atom is 0.261 e. The summed E-state index contributed by atoms with van der Waals surface area (Å²) >= 11 is 0. The smallest absolute Gasteiger partial charge is 0.261 e. The number of imide groups is 1. The minimum absolute atomic E-state index is 0.0406. The van der Waals surface area contributed by atoms with Gasteiger partial charge < -0.3 is 0 Å². The van der Waals surface area contributed by atoms with Crippen molar-refractivity contribution < 1.29 is 23.2 Å². The van der Waals surface area contributed by atoms with E-state index in [4.69, 9.17) is 5.53 Å². The molecule has 0 unspecified atom stereocenters. The van der Waals surface area contributed by atoms with Crippen molar-refractivity contribution in [2.75, 3.05) is 18.6 Å². The van der Waals surface area contributed by atoms with Crippen molar-refractivity contribution in [3.63, 3.8) is 0 Å². The Bertz CT molecular complexity index is 1180. The van der Waals surface area contributed by atoms with Crippen molar-refractivity contribution in [2.24, 2.45) is 5.11 Å². The summed E-state index contributed by atoms with van der Waals surface area (Å²) in [5.74, 6) is -0.832. The number of azide groups is 1. The first-order chi connectivity index (χ1) is 14.7. The van der Waals surface area contributed by atoms with Gasteiger partial charge in [-0.25, -0.2) is 8.42 Å². The number of nitrogens with zero attached hydrogens (tertiary/aromatic N) is 5. The molecule has 12 heteroatoms. The van der Waals surface area contributed by atoms with Crippen LogP contribution in [0.2, 0.25) is 0 Å². The highest BCUT2D eigenvalue weighted by Crippen LogP contribution is 2.47. The number of rotatable bonds is 7. The molecule has 171 valence electrons. The zero-order chi connectivity index (χ0) is 24.1. The quantitative estimate of drug-likeness (QED) is 0.145. The van der Waals surface area contributed by atoms with Crippen molar-refractivity contribution in [2.45, 2.75) is 45.2 Å². The molecule has 0 fully saturated rings. The minimum atomic E-state index is -3.32. The van der Waals surface area contributed by atoms with Crippen LogP contribution in [0.4, 0.5) is 5.69 Å². The van der Waals surface area contributed by atoms with E-state index in [9.17, 15) is 23.2 Å². The number of hydroxylamine groups is 2. The summed E-state index contributed by atoms with van der Waals surface area (Å²) in [7, 11) is -2.57. The lowest BCUT2D eigenvalue weighted by Crippen LogP contribution is -2.48. The predicted molar refractivity (Wildman–Crippen MR) is 120 cm³/mol. The van der Waals surface area contributed by atoms with Crippen molar-refractivity contribution in [1.82, 2.24) is 9.96 Å². The van der Waals surface area contributed by atoms with E-state index in [2.05, 4.69) is 10.0 Å². The zero-order valence-corrected chi connectivity index (χ0v) is 20.1. The molecule has 0 saturated heterocycles. The lowest BCUT2D eigenvalue weighted by atomic mass is 9.89. The fourth-order valence-corrected chi connectivity index (χ4v) is 6.24. The normalized spacial score (nSPS) is 20.0. The molecule has 0 spiro atoms. The first-order valence-electron chi connectivity index (χ1n) is 9.82. The summed E-state index contributed by atoms with van der Waals surface area (Å²) in [6.07, 6.45) is 1.35. The van der Waals surface area contributed by atoms with Gasteiger partial charge in [-0.1, -0.05) is 11.2 Å². The van der Waals surface area contributed by atoms with Gasteiger partial charge in [0.25, 0.3) is 11.8 Å². The number of benzene rings is 1. The molecule has 3 rings (SSSR count). The molecule has 1 radical (unpaired) electrons. The zero-order valence-electron chi connectivity index (χ0n) is 18.4. The Hall–Kier alpha value is -2.37. The second kappa shape index (κ2) is 8.20. The largest absolute Gasteiger partial charge is 0.274 e. The van der Waals surface area contributed by atoms with E-state index in [1.807, 2.05) is 0 Å². The number of hydrogen-bond acceptors (Lipinski definition) is 7. The number of carbonyl (C=O) groups excluding carboxylic acids is 2. The van der Waals surface area contributed by atoms with Gasteiger partial charge >= 0.3 is 0 Å². The summed E-state index contributed by atoms with van der Waals surface area (Å²) in [6.45, 7) is 7.03. The first-order valence-corrected chi connectivity index (χ1v) is 13.2. The number of carbonyl (C=O) groups is 2. The molecule has 0 saturated carbocycles. The molecule has 10 nitrogen and oxygen atoms in total. The molecule has 2 amide bonds. The van der Waals surface area contributed by atoms with Crippen LogP contribution in [0.25, 0.3) is 10.4 Å². The molecule has 2 heterocycles. The van der Waals surface area contributed by atoms with Crippen LogP contribution in [-0.4, -0.2) is 59.8 Å². The van der Waals surface area contributed by atoms with Gasteiger partial charge in [-0.3, -0.25) is 14.5 Å². The maximum absolute atomic E-state index is 13.0. The number of fused-ring (bicyclic) bond motifs is 1. The van der Waals surface area contributed by atoms with Gasteiger partial charge in [0, 0.05) is 29.2 Å². The van der Waals surface area contributed by atoms with Crippen molar-refractivity contribution in [3.05, 3.63) is 50.9 Å². The first kappa shape index (κ1) is 24.3. The van der Waals surface area contributed by atoms with Crippen LogP contribution in [0.5, 0.6) is 0 Å². The lowest BCUT2D eigenvalue weighted by molar-refractivity contribution is -0.240. The Morgan fingerprint density at radius 2 is 1.66 bits per heavy atom. The molecule has 0 aliphatic carbocycles. The van der Waals surface area contributed by atoms with Crippen molar-refractivity contribution in [1.29, 1.82) is 0 Å². The summed E-state index contributed by atoms with van der Waals surface area (Å²) in [5, 5.41) is 17.4. The van der Waals surface area contributed by atoms with Gasteiger partial charge in [0.1, 0.15) is 0 Å². The molecular formula is C20H24N5O5S2. The maximum atomic E-state index is 13.0. The monoisotopic (exact) mass is 478 g/mol. The molecule has 0 bridgehead atoms. The third-order valence-corrected chi connectivity index (χ3v) is 8.45. The SMILES string of the molecule is CC1(C)C(CCN2C(=O)c3ccc(N=[N+]=[N-])cc3C2=O)=C(CSS(C)(=O)=O)C(C)(C)N1[O]. The molecular weight excluding hydrogens is 454 g/mol. The molecule has 0 atom stereocenters. The summed E-state index contributed by atoms with van der Waals surface area (Å²) in [5.41, 5.74) is 8.78. The third-order valence-electron chi connectivity index (χ3n) is 5.97. The van der Waals surface area contributed by atoms with Crippen LogP contribution in [-0.2, 0) is 14.1 Å². The molecule has 2 aliphatic heterocycles. The van der Waals surface area contributed by atoms with Crippen molar-refractivity contribution >= 4 is 37.2 Å². The van der Waals surface area contributed by atoms with Crippen LogP contribution in [0, 0.1) is 0 Å². The fraction of sp³-hybridized carbons (Fsp3) is 0.500. The topological polar surface area (TPSA) is 143 Å². The van der Waals surface area contributed by atoms with E-state index in [0.717, 1.165) is 32.6 Å². The van der Waals surface area contributed by atoms with Crippen LogP contribution in [0.15, 0.2) is 34.5 Å². The van der Waals surface area contributed by atoms with Crippen LogP contribution in [0.3, 0.4) is 0 Å². The van der Waals surface area contributed by atoms with Gasteiger partial charge in [0.15, 0.2) is 8.87 Å². The van der Waals surface area contributed by atoms with Gasteiger partial charge in [0.2, 0.25) is 0 Å². The lowest BCUT2D eigenvalue weighted by Gasteiger charge is -2.35. The summed E-state index contributed by atoms with van der Waals surface area (Å²) in [6, 6.07) is 4.30. The van der Waals surface area contributed by atoms with Gasteiger partial charge in [-0.2, -0.15) is 0 Å². The molecule has 32 heavy (non-hydrogen) atoms. The highest BCUT2D eigenvalue weighted by Gasteiger charge is 2.51. The third kappa shape index (κ3) is 4.16. The second-order valence-electron chi connectivity index (χ2n) is 8.77. The van der Waals surface area contributed by atoms with Gasteiger partial charge in [0.05, 0.1) is 22.2 Å². The molecule has 0 aromatic heterocycles. The molecule has 1 aromatic carbocycles. The Labute approximate surface area is 190 Å². The van der Waals surface area contributed by atoms with Crippen LogP contribution >= 0.6 is 10.8 Å².